The van der Waals surface area contributed by atoms with Crippen LogP contribution >= 0.6 is 0 Å². The predicted octanol–water partition coefficient (Wildman–Crippen LogP) is 7.37. The van der Waals surface area contributed by atoms with E-state index in [1.807, 2.05) is 27.8 Å². The number of rotatable bonds is 8. The fourth-order valence-corrected chi connectivity index (χ4v) is 4.51. The summed E-state index contributed by atoms with van der Waals surface area (Å²) in [6.07, 6.45) is -1.48. The fraction of sp³-hybridized carbons (Fsp3) is 0.333. The monoisotopic (exact) mass is 625 g/mol. The van der Waals surface area contributed by atoms with Crippen LogP contribution < -0.4 is 16.0 Å². The zero-order valence-electron chi connectivity index (χ0n) is 25.6. The van der Waals surface area contributed by atoms with E-state index in [9.17, 15) is 27.2 Å². The Balaban J connectivity index is 0.000000427. The van der Waals surface area contributed by atoms with Gasteiger partial charge in [0, 0.05) is 23.7 Å². The number of pyridine rings is 1. The van der Waals surface area contributed by atoms with Crippen molar-refractivity contribution in [3.05, 3.63) is 71.5 Å². The summed E-state index contributed by atoms with van der Waals surface area (Å²) in [6.45, 7) is 4.60. The predicted molar refractivity (Wildman–Crippen MR) is 165 cm³/mol. The van der Waals surface area contributed by atoms with Gasteiger partial charge in [0.1, 0.15) is 35.8 Å². The topological polar surface area (TPSA) is 120 Å². The van der Waals surface area contributed by atoms with Gasteiger partial charge in [-0.05, 0) is 74.7 Å². The molecule has 0 radical (unpaired) electrons. The summed E-state index contributed by atoms with van der Waals surface area (Å²) >= 11 is 0. The van der Waals surface area contributed by atoms with E-state index in [1.165, 1.54) is 56.3 Å². The number of furan rings is 1. The molecular formula is C33H35F4N5O3. The Kier molecular flexibility index (Phi) is 11.4. The van der Waals surface area contributed by atoms with Crippen molar-refractivity contribution in [1.29, 1.82) is 5.26 Å². The quantitative estimate of drug-likeness (QED) is 0.138. The third kappa shape index (κ3) is 8.45. The molecule has 238 valence electrons. The van der Waals surface area contributed by atoms with Crippen LogP contribution in [0.25, 0.3) is 33.6 Å². The molecule has 1 aliphatic rings. The van der Waals surface area contributed by atoms with E-state index in [0.29, 0.717) is 28.9 Å². The van der Waals surface area contributed by atoms with Crippen molar-refractivity contribution in [2.45, 2.75) is 45.3 Å². The van der Waals surface area contributed by atoms with Crippen molar-refractivity contribution in [3.8, 4) is 28.5 Å². The minimum absolute atomic E-state index is 0.0853. The molecule has 2 heterocycles. The minimum atomic E-state index is -4.52. The van der Waals surface area contributed by atoms with Crippen LogP contribution in [0.4, 0.5) is 23.4 Å². The van der Waals surface area contributed by atoms with Crippen LogP contribution in [-0.4, -0.2) is 49.5 Å². The number of carbonyl (C=O) groups is 2. The summed E-state index contributed by atoms with van der Waals surface area (Å²) in [5.74, 6) is -0.468. The highest BCUT2D eigenvalue weighted by Gasteiger charge is 2.40. The number of hydrogen-bond donors (Lipinski definition) is 3. The van der Waals surface area contributed by atoms with E-state index in [2.05, 4.69) is 27.0 Å². The molecule has 1 unspecified atom stereocenters. The largest absolute Gasteiger partial charge is 0.437 e. The molecule has 1 amide bonds. The van der Waals surface area contributed by atoms with Gasteiger partial charge in [0.15, 0.2) is 0 Å². The van der Waals surface area contributed by atoms with Crippen LogP contribution in [-0.2, 0) is 0 Å². The fourth-order valence-electron chi connectivity index (χ4n) is 4.51. The van der Waals surface area contributed by atoms with E-state index in [0.717, 1.165) is 0 Å². The molecule has 5 rings (SSSR count). The molecule has 2 aromatic carbocycles. The van der Waals surface area contributed by atoms with E-state index in [1.54, 1.807) is 18.2 Å². The number of amides is 1. The Bertz CT molecular complexity index is 1670. The molecule has 1 aliphatic carbocycles. The second kappa shape index (κ2) is 14.8. The molecule has 2 aromatic heterocycles. The van der Waals surface area contributed by atoms with Gasteiger partial charge in [-0.3, -0.25) is 9.59 Å². The highest BCUT2D eigenvalue weighted by atomic mass is 19.4. The normalized spacial score (nSPS) is 13.7. The standard InChI is InChI=1S/C24H17F4N3O3.C7H12N2.C2H6/c1-29-22(33)19-18-10-17(15-4-2-3-13(9-15)11-32)21(30-12-24(26,27)28)31-23(18)34-20(19)14-5-7-16(25)8-6-14;1-7(5-8,9-2)6-3-4-6;1-2/h2-11H,12H2,1H3,(H,29,33)(H,30,31);6,9H,3-4H2,1-2H3;1-2H3. The lowest BCUT2D eigenvalue weighted by atomic mass is 9.99. The Morgan fingerprint density at radius 3 is 2.27 bits per heavy atom. The molecule has 0 spiro atoms. The second-order valence-corrected chi connectivity index (χ2v) is 10.2. The van der Waals surface area contributed by atoms with Gasteiger partial charge >= 0.3 is 6.18 Å². The number of fused-ring (bicyclic) bond motifs is 1. The van der Waals surface area contributed by atoms with Crippen LogP contribution in [0.1, 0.15) is 54.3 Å². The molecule has 0 aliphatic heterocycles. The van der Waals surface area contributed by atoms with E-state index >= 15 is 0 Å². The first-order valence-electron chi connectivity index (χ1n) is 14.3. The number of nitrogens with one attached hydrogen (secondary N) is 3. The maximum absolute atomic E-state index is 13.4. The third-order valence-electron chi connectivity index (χ3n) is 7.18. The molecule has 1 saturated carbocycles. The maximum Gasteiger partial charge on any atom is 0.405 e. The number of aldehydes is 1. The van der Waals surface area contributed by atoms with Crippen molar-refractivity contribution in [3.63, 3.8) is 0 Å². The first-order chi connectivity index (χ1) is 21.4. The summed E-state index contributed by atoms with van der Waals surface area (Å²) in [6, 6.07) is 15.2. The average Bonchev–Trinajstić information content (AvgIpc) is 3.85. The first kappa shape index (κ1) is 34.7. The Labute approximate surface area is 258 Å². The molecule has 4 aromatic rings. The average molecular weight is 626 g/mol. The molecule has 8 nitrogen and oxygen atoms in total. The highest BCUT2D eigenvalue weighted by Crippen LogP contribution is 2.39. The zero-order valence-corrected chi connectivity index (χ0v) is 25.6. The van der Waals surface area contributed by atoms with E-state index in [-0.39, 0.29) is 39.3 Å². The van der Waals surface area contributed by atoms with Gasteiger partial charge in [0.05, 0.1) is 17.0 Å². The summed E-state index contributed by atoms with van der Waals surface area (Å²) in [5, 5.41) is 16.7. The van der Waals surface area contributed by atoms with Crippen molar-refractivity contribution < 1.29 is 31.6 Å². The van der Waals surface area contributed by atoms with Gasteiger partial charge in [0.25, 0.3) is 5.91 Å². The highest BCUT2D eigenvalue weighted by molar-refractivity contribution is 6.11. The number of anilines is 1. The number of alkyl halides is 3. The third-order valence-corrected chi connectivity index (χ3v) is 7.18. The molecular weight excluding hydrogens is 590 g/mol. The van der Waals surface area contributed by atoms with Crippen molar-refractivity contribution >= 4 is 29.1 Å². The smallest absolute Gasteiger partial charge is 0.405 e. The van der Waals surface area contributed by atoms with Crippen LogP contribution in [0.5, 0.6) is 0 Å². The molecule has 1 atom stereocenters. The van der Waals surface area contributed by atoms with Crippen molar-refractivity contribution in [1.82, 2.24) is 15.6 Å². The zero-order chi connectivity index (χ0) is 33.4. The Morgan fingerprint density at radius 2 is 1.76 bits per heavy atom. The lowest BCUT2D eigenvalue weighted by Gasteiger charge is -2.18. The Morgan fingerprint density at radius 1 is 1.09 bits per heavy atom. The molecule has 3 N–H and O–H groups in total. The minimum Gasteiger partial charge on any atom is -0.437 e. The molecule has 12 heteroatoms. The van der Waals surface area contributed by atoms with Gasteiger partial charge < -0.3 is 20.4 Å². The van der Waals surface area contributed by atoms with Crippen molar-refractivity contribution in [2.24, 2.45) is 5.92 Å². The number of halogens is 4. The number of hydrogen-bond acceptors (Lipinski definition) is 7. The molecule has 0 saturated heterocycles. The van der Waals surface area contributed by atoms with Crippen molar-refractivity contribution in [2.75, 3.05) is 26.0 Å². The van der Waals surface area contributed by atoms with Gasteiger partial charge in [-0.2, -0.15) is 23.4 Å². The van der Waals surface area contributed by atoms with Crippen LogP contribution in [0.2, 0.25) is 0 Å². The van der Waals surface area contributed by atoms with Gasteiger partial charge in [-0.1, -0.05) is 32.0 Å². The summed E-state index contributed by atoms with van der Waals surface area (Å²) in [7, 11) is 3.26. The summed E-state index contributed by atoms with van der Waals surface area (Å²) in [4.78, 5) is 28.2. The van der Waals surface area contributed by atoms with Crippen LogP contribution in [0.3, 0.4) is 0 Å². The van der Waals surface area contributed by atoms with E-state index in [4.69, 9.17) is 9.68 Å². The summed E-state index contributed by atoms with van der Waals surface area (Å²) in [5.41, 5.74) is 1.09. The van der Waals surface area contributed by atoms with Gasteiger partial charge in [0.2, 0.25) is 5.71 Å². The number of aromatic nitrogens is 1. The summed E-state index contributed by atoms with van der Waals surface area (Å²) < 4.78 is 58.0. The Hall–Kier alpha value is -4.76. The lowest BCUT2D eigenvalue weighted by Crippen LogP contribution is -2.40. The lowest BCUT2D eigenvalue weighted by molar-refractivity contribution is -0.115. The number of nitrogens with zero attached hydrogens (tertiary/aromatic N) is 2. The van der Waals surface area contributed by atoms with Gasteiger partial charge in [-0.15, -0.1) is 0 Å². The maximum atomic E-state index is 13.4. The first-order valence-corrected chi connectivity index (χ1v) is 14.3. The number of nitriles is 1. The molecule has 1 fully saturated rings. The molecule has 0 bridgehead atoms. The number of benzene rings is 2. The van der Waals surface area contributed by atoms with E-state index < -0.39 is 24.4 Å². The van der Waals surface area contributed by atoms with Crippen LogP contribution in [0.15, 0.2) is 59.0 Å². The second-order valence-electron chi connectivity index (χ2n) is 10.2. The van der Waals surface area contributed by atoms with Gasteiger partial charge in [-0.25, -0.2) is 4.39 Å². The SMILES string of the molecule is CC.CNC(=O)c1c(-c2ccc(F)cc2)oc2nc(NCC(F)(F)F)c(-c3cccc(C=O)c3)cc12.CNC(C)(C#N)C1CC1. The van der Waals surface area contributed by atoms with Crippen LogP contribution in [0, 0.1) is 23.1 Å². The molecule has 45 heavy (non-hydrogen) atoms. The number of carbonyl (C=O) groups excluding carboxylic acids is 2.